The molecule has 0 amide bonds. The molecule has 5 saturated heterocycles. The zero-order valence-corrected chi connectivity index (χ0v) is 32.8. The Morgan fingerprint density at radius 2 is 1.40 bits per heavy atom. The lowest BCUT2D eigenvalue weighted by Gasteiger charge is -2.53. The third-order valence-electron chi connectivity index (χ3n) is 12.4. The van der Waals surface area contributed by atoms with Crippen LogP contribution in [-0.4, -0.2) is 90.1 Å². The molecule has 0 aromatic heterocycles. The van der Waals surface area contributed by atoms with E-state index in [-0.39, 0.29) is 64.2 Å². The van der Waals surface area contributed by atoms with Crippen molar-refractivity contribution in [2.45, 2.75) is 155 Å². The first-order valence-electron chi connectivity index (χ1n) is 19.0. The van der Waals surface area contributed by atoms with Gasteiger partial charge in [0.25, 0.3) is 0 Å². The van der Waals surface area contributed by atoms with Gasteiger partial charge in [0.05, 0.1) is 61.1 Å². The van der Waals surface area contributed by atoms with Crippen LogP contribution in [0.4, 0.5) is 0 Å². The van der Waals surface area contributed by atoms with Gasteiger partial charge in [-0.15, -0.1) is 23.5 Å². The first-order valence-corrected chi connectivity index (χ1v) is 23.6. The zero-order chi connectivity index (χ0) is 34.8. The second kappa shape index (κ2) is 16.0. The molecular formula is C40H56O7S2Si. The number of aldehydes is 1. The van der Waals surface area contributed by atoms with Gasteiger partial charge in [0, 0.05) is 19.3 Å². The van der Waals surface area contributed by atoms with Gasteiger partial charge in [-0.2, -0.15) is 0 Å². The van der Waals surface area contributed by atoms with E-state index in [1.165, 1.54) is 6.42 Å². The topological polar surface area (TPSA) is 75.8 Å². The van der Waals surface area contributed by atoms with Crippen molar-refractivity contribution in [3.8, 4) is 0 Å². The molecular weight excluding hydrogens is 685 g/mol. The Labute approximate surface area is 308 Å². The molecule has 0 spiro atoms. The number of hydrogen-bond donors (Lipinski definition) is 0. The summed E-state index contributed by atoms with van der Waals surface area (Å²) in [5.41, 5.74) is 2.25. The van der Waals surface area contributed by atoms with Crippen LogP contribution in [0.3, 0.4) is 0 Å². The van der Waals surface area contributed by atoms with E-state index < -0.39 is 8.07 Å². The van der Waals surface area contributed by atoms with E-state index in [2.05, 4.69) is 76.2 Å². The molecule has 10 atom stereocenters. The number of hydrogen-bond acceptors (Lipinski definition) is 9. The molecule has 0 N–H and O–H groups in total. The van der Waals surface area contributed by atoms with Crippen LogP contribution in [0.15, 0.2) is 60.7 Å². The Morgan fingerprint density at radius 3 is 2.00 bits per heavy atom. The van der Waals surface area contributed by atoms with Crippen molar-refractivity contribution < 1.29 is 33.2 Å². The second-order valence-corrected chi connectivity index (χ2v) is 24.1. The summed E-state index contributed by atoms with van der Waals surface area (Å²) in [6, 6.07) is 24.2. The number of ether oxygens (including phenoxy) is 6. The van der Waals surface area contributed by atoms with Crippen LogP contribution >= 0.6 is 23.5 Å². The van der Waals surface area contributed by atoms with Crippen molar-refractivity contribution in [3.05, 3.63) is 71.8 Å². The lowest BCUT2D eigenvalue weighted by atomic mass is 9.85. The van der Waals surface area contributed by atoms with Crippen LogP contribution < -0.4 is 0 Å². The minimum atomic E-state index is -1.86. The summed E-state index contributed by atoms with van der Waals surface area (Å²) < 4.78 is 42.1. The van der Waals surface area contributed by atoms with Gasteiger partial charge in [-0.1, -0.05) is 99.6 Å². The fourth-order valence-electron chi connectivity index (χ4n) is 9.48. The third kappa shape index (κ3) is 7.44. The summed E-state index contributed by atoms with van der Waals surface area (Å²) in [7, 11) is -1.86. The van der Waals surface area contributed by atoms with Gasteiger partial charge in [0.15, 0.2) is 0 Å². The number of epoxide rings is 1. The molecule has 0 aliphatic carbocycles. The van der Waals surface area contributed by atoms with Gasteiger partial charge in [0.2, 0.25) is 0 Å². The number of carbonyl (C=O) groups is 1. The van der Waals surface area contributed by atoms with E-state index >= 15 is 0 Å². The van der Waals surface area contributed by atoms with E-state index in [1.54, 1.807) is 0 Å². The summed E-state index contributed by atoms with van der Waals surface area (Å²) in [5, 5.41) is -0.239. The molecule has 0 bridgehead atoms. The van der Waals surface area contributed by atoms with Crippen LogP contribution in [0.2, 0.25) is 18.1 Å². The largest absolute Gasteiger partial charge is 0.369 e. The molecule has 0 radical (unpaired) electrons. The average Bonchev–Trinajstić information content (AvgIpc) is 3.88. The van der Waals surface area contributed by atoms with E-state index in [0.29, 0.717) is 26.1 Å². The maximum Gasteiger partial charge on any atom is 0.122 e. The Kier molecular flexibility index (Phi) is 11.9. The van der Waals surface area contributed by atoms with Crippen molar-refractivity contribution >= 4 is 37.9 Å². The normalized spacial score (nSPS) is 36.4. The fourth-order valence-corrected chi connectivity index (χ4v) is 17.6. The number of carbonyl (C=O) groups excluding carboxylic acids is 1. The molecule has 10 heteroatoms. The van der Waals surface area contributed by atoms with E-state index in [1.807, 2.05) is 35.7 Å². The van der Waals surface area contributed by atoms with Crippen LogP contribution in [0.1, 0.15) is 70.9 Å². The van der Waals surface area contributed by atoms with Crippen LogP contribution in [0.5, 0.6) is 0 Å². The van der Waals surface area contributed by atoms with Crippen LogP contribution in [0, 0.1) is 0 Å². The Hall–Kier alpha value is -1.21. The number of benzene rings is 2. The van der Waals surface area contributed by atoms with Gasteiger partial charge in [-0.05, 0) is 42.4 Å². The Bertz CT molecular complexity index is 1380. The summed E-state index contributed by atoms with van der Waals surface area (Å²) in [6.45, 7) is 10.3. The van der Waals surface area contributed by atoms with E-state index in [0.717, 1.165) is 59.9 Å². The maximum absolute atomic E-state index is 12.0. The van der Waals surface area contributed by atoms with E-state index in [4.69, 9.17) is 28.4 Å². The Balaban J connectivity index is 1.22. The highest BCUT2D eigenvalue weighted by atomic mass is 32.2. The summed E-state index contributed by atoms with van der Waals surface area (Å²) in [5.74, 6) is 2.32. The molecule has 5 aliphatic rings. The van der Waals surface area contributed by atoms with Crippen molar-refractivity contribution in [2.24, 2.45) is 0 Å². The molecule has 5 heterocycles. The quantitative estimate of drug-likeness (QED) is 0.109. The van der Waals surface area contributed by atoms with Crippen LogP contribution in [0.25, 0.3) is 0 Å². The predicted octanol–water partition coefficient (Wildman–Crippen LogP) is 7.99. The second-order valence-electron chi connectivity index (χ2n) is 15.1. The molecule has 50 heavy (non-hydrogen) atoms. The third-order valence-corrected chi connectivity index (χ3v) is 22.1. The summed E-state index contributed by atoms with van der Waals surface area (Å²) >= 11 is 4.09. The lowest BCUT2D eigenvalue weighted by molar-refractivity contribution is -0.306. The van der Waals surface area contributed by atoms with Crippen molar-refractivity contribution in [1.29, 1.82) is 0 Å². The summed E-state index contributed by atoms with van der Waals surface area (Å²) in [4.78, 5) is 12.0. The van der Waals surface area contributed by atoms with Crippen molar-refractivity contribution in [1.82, 2.24) is 0 Å². The van der Waals surface area contributed by atoms with Gasteiger partial charge in [0.1, 0.15) is 30.7 Å². The minimum absolute atomic E-state index is 0.0272. The molecule has 2 aromatic carbocycles. The smallest absolute Gasteiger partial charge is 0.122 e. The van der Waals surface area contributed by atoms with Gasteiger partial charge in [-0.3, -0.25) is 0 Å². The SMILES string of the molecule is CC[Si](CC)(CC)[C@@]12C[C@H]3O[C@H]4[C@H](OCc5ccccc5)[C@@H](OCc5ccccc5)[C@H](CC5(C)SCCCS5)O[C@@H]4C[C@@H]3O[C@H](CC=O)[C@@H]1O2. The standard InChI is InChI=1S/C40H56O7S2Si/c1-5-50(6-2,7-3)40-25-33-31(44-30(19-20-41)38(40)47-40)23-32-36(46-33)37(43-27-29-17-12-9-13-18-29)35(42-26-28-15-10-8-11-16-28)34(45-32)24-39(4)48-21-14-22-49-39/h8-13,15-18,20,30-38H,5-7,14,19,21-27H2,1-4H3/t30-,31+,32-,33-,34+,35+,36-,37-,38+,40+/m1/s1. The Morgan fingerprint density at radius 1 is 0.800 bits per heavy atom. The van der Waals surface area contributed by atoms with E-state index in [9.17, 15) is 4.79 Å². The molecule has 274 valence electrons. The number of rotatable bonds is 14. The highest BCUT2D eigenvalue weighted by Crippen LogP contribution is 2.58. The van der Waals surface area contributed by atoms with Gasteiger partial charge < -0.3 is 33.2 Å². The molecule has 5 fully saturated rings. The predicted molar refractivity (Wildman–Crippen MR) is 203 cm³/mol. The monoisotopic (exact) mass is 740 g/mol. The summed E-state index contributed by atoms with van der Waals surface area (Å²) in [6.07, 6.45) is 2.95. The van der Waals surface area contributed by atoms with Gasteiger partial charge >= 0.3 is 0 Å². The first kappa shape index (κ1) is 37.1. The average molecular weight is 741 g/mol. The van der Waals surface area contributed by atoms with Crippen molar-refractivity contribution in [3.63, 3.8) is 0 Å². The molecule has 2 aromatic rings. The molecule has 0 unspecified atom stereocenters. The van der Waals surface area contributed by atoms with Gasteiger partial charge in [-0.25, -0.2) is 0 Å². The van der Waals surface area contributed by atoms with Crippen molar-refractivity contribution in [2.75, 3.05) is 11.5 Å². The molecule has 0 saturated carbocycles. The fraction of sp³-hybridized carbons (Fsp3) is 0.675. The molecule has 5 aliphatic heterocycles. The first-order chi connectivity index (χ1) is 24.4. The number of thioether (sulfide) groups is 2. The van der Waals surface area contributed by atoms with Crippen LogP contribution in [-0.2, 0) is 46.4 Å². The lowest BCUT2D eigenvalue weighted by Crippen LogP contribution is -2.65. The number of fused-ring (bicyclic) bond motifs is 3. The highest BCUT2D eigenvalue weighted by Gasteiger charge is 2.72. The zero-order valence-electron chi connectivity index (χ0n) is 30.2. The highest BCUT2D eigenvalue weighted by molar-refractivity contribution is 8.18. The minimum Gasteiger partial charge on any atom is -0.369 e. The molecule has 7 rings (SSSR count). The maximum atomic E-state index is 12.0. The molecule has 7 nitrogen and oxygen atoms in total.